The van der Waals surface area contributed by atoms with Gasteiger partial charge in [-0.25, -0.2) is 9.18 Å². The highest BCUT2D eigenvalue weighted by molar-refractivity contribution is 6.31. The minimum Gasteiger partial charge on any atom is -0.494 e. The van der Waals surface area contributed by atoms with Crippen molar-refractivity contribution in [2.45, 2.75) is 26.6 Å². The van der Waals surface area contributed by atoms with Gasteiger partial charge in [-0.1, -0.05) is 17.7 Å². The maximum atomic E-state index is 14.2. The van der Waals surface area contributed by atoms with Crippen LogP contribution in [0.3, 0.4) is 0 Å². The van der Waals surface area contributed by atoms with Crippen molar-refractivity contribution in [1.29, 1.82) is 0 Å². The third-order valence-corrected chi connectivity index (χ3v) is 5.27. The van der Waals surface area contributed by atoms with E-state index in [9.17, 15) is 14.3 Å². The van der Waals surface area contributed by atoms with Crippen molar-refractivity contribution in [3.63, 3.8) is 0 Å². The predicted octanol–water partition coefficient (Wildman–Crippen LogP) is 2.75. The molecule has 0 aliphatic heterocycles. The summed E-state index contributed by atoms with van der Waals surface area (Å²) in [5.74, 6) is 0.289. The number of methoxy groups -OCH3 is 1. The molecule has 0 spiro atoms. The number of aliphatic hydroxyl groups is 1. The van der Waals surface area contributed by atoms with E-state index in [0.717, 1.165) is 0 Å². The van der Waals surface area contributed by atoms with E-state index in [-0.39, 0.29) is 24.7 Å². The second-order valence-electron chi connectivity index (χ2n) is 6.60. The Morgan fingerprint density at radius 1 is 1.30 bits per heavy atom. The molecule has 4 aromatic rings. The van der Waals surface area contributed by atoms with E-state index in [1.54, 1.807) is 42.1 Å². The van der Waals surface area contributed by atoms with Gasteiger partial charge in [0.05, 0.1) is 25.5 Å². The molecule has 2 aromatic heterocycles. The van der Waals surface area contributed by atoms with Crippen LogP contribution in [0.4, 0.5) is 4.39 Å². The number of fused-ring (bicyclic) bond motifs is 1. The molecule has 0 unspecified atom stereocenters. The Morgan fingerprint density at radius 3 is 2.73 bits per heavy atom. The third-order valence-electron chi connectivity index (χ3n) is 4.91. The van der Waals surface area contributed by atoms with Gasteiger partial charge in [-0.2, -0.15) is 9.78 Å². The highest BCUT2D eigenvalue weighted by Crippen LogP contribution is 2.30. The highest BCUT2D eigenvalue weighted by Gasteiger charge is 2.18. The van der Waals surface area contributed by atoms with Crippen LogP contribution < -0.4 is 10.4 Å². The lowest BCUT2D eigenvalue weighted by atomic mass is 10.2. The second-order valence-corrected chi connectivity index (χ2v) is 7.01. The Bertz CT molecular complexity index is 1270. The standard InChI is InChI=1S/C20H19ClFN5O3/c1-3-25-18(11-28)24-27(20(25)29)13-7-12-9-23-26(19(12)17(8-13)30-2)10-14-15(21)5-4-6-16(14)22/h4-9,28H,3,10-11H2,1-2H3. The minimum absolute atomic E-state index is 0.115. The van der Waals surface area contributed by atoms with Crippen molar-refractivity contribution in [1.82, 2.24) is 24.1 Å². The molecule has 0 aliphatic rings. The summed E-state index contributed by atoms with van der Waals surface area (Å²) in [6, 6.07) is 7.90. The van der Waals surface area contributed by atoms with E-state index in [4.69, 9.17) is 16.3 Å². The quantitative estimate of drug-likeness (QED) is 0.507. The van der Waals surface area contributed by atoms with Gasteiger partial charge in [-0.3, -0.25) is 9.25 Å². The molecule has 0 bridgehead atoms. The summed E-state index contributed by atoms with van der Waals surface area (Å²) < 4.78 is 24.0. The summed E-state index contributed by atoms with van der Waals surface area (Å²) in [7, 11) is 1.50. The predicted molar refractivity (Wildman–Crippen MR) is 110 cm³/mol. The summed E-state index contributed by atoms with van der Waals surface area (Å²) in [5.41, 5.74) is 1.05. The molecule has 10 heteroatoms. The first kappa shape index (κ1) is 20.1. The number of nitrogens with zero attached hydrogens (tertiary/aromatic N) is 5. The van der Waals surface area contributed by atoms with Crippen LogP contribution >= 0.6 is 11.6 Å². The molecular formula is C20H19ClFN5O3. The van der Waals surface area contributed by atoms with Gasteiger partial charge in [0.25, 0.3) is 0 Å². The lowest BCUT2D eigenvalue weighted by Crippen LogP contribution is -2.23. The summed E-state index contributed by atoms with van der Waals surface area (Å²) in [6.45, 7) is 1.95. The lowest BCUT2D eigenvalue weighted by molar-refractivity contribution is 0.264. The molecule has 2 heterocycles. The number of benzene rings is 2. The smallest absolute Gasteiger partial charge is 0.350 e. The zero-order valence-corrected chi connectivity index (χ0v) is 17.1. The summed E-state index contributed by atoms with van der Waals surface area (Å²) in [4.78, 5) is 12.7. The molecule has 0 fully saturated rings. The highest BCUT2D eigenvalue weighted by atomic mass is 35.5. The molecule has 8 nitrogen and oxygen atoms in total. The summed E-state index contributed by atoms with van der Waals surface area (Å²) >= 11 is 6.16. The summed E-state index contributed by atoms with van der Waals surface area (Å²) in [6.07, 6.45) is 1.60. The van der Waals surface area contributed by atoms with Crippen LogP contribution in [0.5, 0.6) is 5.75 Å². The maximum Gasteiger partial charge on any atom is 0.350 e. The van der Waals surface area contributed by atoms with Crippen molar-refractivity contribution in [2.24, 2.45) is 0 Å². The molecule has 4 rings (SSSR count). The van der Waals surface area contributed by atoms with Crippen molar-refractivity contribution in [2.75, 3.05) is 7.11 Å². The zero-order chi connectivity index (χ0) is 21.4. The van der Waals surface area contributed by atoms with Gasteiger partial charge in [0.1, 0.15) is 23.7 Å². The molecule has 30 heavy (non-hydrogen) atoms. The number of hydrogen-bond acceptors (Lipinski definition) is 5. The van der Waals surface area contributed by atoms with E-state index in [0.29, 0.717) is 39.5 Å². The fourth-order valence-corrected chi connectivity index (χ4v) is 3.67. The Labute approximate surface area is 175 Å². The number of aliphatic hydroxyl groups excluding tert-OH is 1. The fourth-order valence-electron chi connectivity index (χ4n) is 3.45. The molecule has 0 aliphatic carbocycles. The van der Waals surface area contributed by atoms with E-state index in [1.165, 1.54) is 22.4 Å². The van der Waals surface area contributed by atoms with Crippen LogP contribution in [-0.2, 0) is 19.7 Å². The van der Waals surface area contributed by atoms with Crippen molar-refractivity contribution >= 4 is 22.5 Å². The number of hydrogen-bond donors (Lipinski definition) is 1. The van der Waals surface area contributed by atoms with Gasteiger partial charge in [-0.15, -0.1) is 5.10 Å². The molecule has 2 aromatic carbocycles. The van der Waals surface area contributed by atoms with Crippen LogP contribution in [0.1, 0.15) is 18.3 Å². The average molecular weight is 432 g/mol. The number of rotatable bonds is 6. The lowest BCUT2D eigenvalue weighted by Gasteiger charge is -2.11. The molecule has 0 saturated carbocycles. The van der Waals surface area contributed by atoms with Crippen LogP contribution in [0.2, 0.25) is 5.02 Å². The van der Waals surface area contributed by atoms with Gasteiger partial charge in [0.2, 0.25) is 0 Å². The van der Waals surface area contributed by atoms with E-state index >= 15 is 0 Å². The first-order chi connectivity index (χ1) is 14.5. The monoisotopic (exact) mass is 431 g/mol. The Balaban J connectivity index is 1.85. The molecule has 0 saturated heterocycles. The Hall–Kier alpha value is -3.17. The molecule has 1 N–H and O–H groups in total. The van der Waals surface area contributed by atoms with Crippen molar-refractivity contribution < 1.29 is 14.2 Å². The molecule has 0 radical (unpaired) electrons. The Morgan fingerprint density at radius 2 is 2.10 bits per heavy atom. The van der Waals surface area contributed by atoms with Gasteiger partial charge in [0, 0.05) is 28.6 Å². The number of halogens is 2. The minimum atomic E-state index is -0.421. The fraction of sp³-hybridized carbons (Fsp3) is 0.250. The van der Waals surface area contributed by atoms with Crippen molar-refractivity contribution in [3.05, 3.63) is 69.2 Å². The van der Waals surface area contributed by atoms with Crippen LogP contribution in [-0.4, -0.2) is 36.3 Å². The first-order valence-electron chi connectivity index (χ1n) is 9.24. The largest absolute Gasteiger partial charge is 0.494 e. The third kappa shape index (κ3) is 3.25. The zero-order valence-electron chi connectivity index (χ0n) is 16.3. The molecule has 0 amide bonds. The van der Waals surface area contributed by atoms with Crippen LogP contribution in [0.15, 0.2) is 41.3 Å². The van der Waals surface area contributed by atoms with Crippen LogP contribution in [0.25, 0.3) is 16.6 Å². The number of ether oxygens (including phenoxy) is 1. The molecule has 156 valence electrons. The van der Waals surface area contributed by atoms with Gasteiger partial charge in [-0.05, 0) is 25.1 Å². The van der Waals surface area contributed by atoms with Gasteiger partial charge < -0.3 is 9.84 Å². The van der Waals surface area contributed by atoms with Gasteiger partial charge >= 0.3 is 5.69 Å². The van der Waals surface area contributed by atoms with E-state index < -0.39 is 5.82 Å². The normalized spacial score (nSPS) is 11.4. The summed E-state index contributed by atoms with van der Waals surface area (Å²) in [5, 5.41) is 19.0. The van der Waals surface area contributed by atoms with E-state index in [2.05, 4.69) is 10.2 Å². The topological polar surface area (TPSA) is 87.1 Å². The molecule has 0 atom stereocenters. The molecular weight excluding hydrogens is 413 g/mol. The second kappa shape index (κ2) is 7.92. The van der Waals surface area contributed by atoms with E-state index in [1.807, 2.05) is 0 Å². The van der Waals surface area contributed by atoms with Crippen LogP contribution in [0, 0.1) is 5.82 Å². The van der Waals surface area contributed by atoms with Gasteiger partial charge in [0.15, 0.2) is 5.82 Å². The Kier molecular flexibility index (Phi) is 5.31. The first-order valence-corrected chi connectivity index (χ1v) is 9.62. The number of aromatic nitrogens is 5. The SMILES string of the molecule is CCn1c(CO)nn(-c2cc(OC)c3c(cnn3Cc3c(F)cccc3Cl)c2)c1=O. The average Bonchev–Trinajstić information content (AvgIpc) is 3.30. The maximum absolute atomic E-state index is 14.2. The van der Waals surface area contributed by atoms with Crippen molar-refractivity contribution in [3.8, 4) is 11.4 Å².